The quantitative estimate of drug-likeness (QED) is 0.849. The highest BCUT2D eigenvalue weighted by Gasteiger charge is 2.19. The van der Waals surface area contributed by atoms with Crippen LogP contribution in [0.2, 0.25) is 0 Å². The summed E-state index contributed by atoms with van der Waals surface area (Å²) in [6.45, 7) is 6.39. The third kappa shape index (κ3) is 4.71. The van der Waals surface area contributed by atoms with E-state index < -0.39 is 0 Å². The van der Waals surface area contributed by atoms with E-state index in [1.807, 2.05) is 7.05 Å². The number of ether oxygens (including phenoxy) is 1. The zero-order valence-corrected chi connectivity index (χ0v) is 13.6. The molecule has 1 unspecified atom stereocenters. The standard InChI is InChI=1S/C15H24BrNO/c1-11-8-12(10-13(16)9-11)14(17-4)6-7-15(2,3)18-5/h8-10,14,17H,6-7H2,1-5H3. The monoisotopic (exact) mass is 313 g/mol. The number of aryl methyl sites for hydroxylation is 1. The lowest BCUT2D eigenvalue weighted by Gasteiger charge is -2.26. The molecular formula is C15H24BrNO. The molecule has 0 radical (unpaired) electrons. The summed E-state index contributed by atoms with van der Waals surface area (Å²) >= 11 is 3.56. The van der Waals surface area contributed by atoms with E-state index in [1.165, 1.54) is 11.1 Å². The van der Waals surface area contributed by atoms with Crippen LogP contribution in [0.4, 0.5) is 0 Å². The highest BCUT2D eigenvalue weighted by molar-refractivity contribution is 9.10. The number of halogens is 1. The Labute approximate surface area is 119 Å². The average Bonchev–Trinajstić information content (AvgIpc) is 2.28. The van der Waals surface area contributed by atoms with Crippen molar-refractivity contribution in [2.24, 2.45) is 0 Å². The summed E-state index contributed by atoms with van der Waals surface area (Å²) in [5.41, 5.74) is 2.55. The van der Waals surface area contributed by atoms with E-state index in [9.17, 15) is 0 Å². The zero-order valence-electron chi connectivity index (χ0n) is 12.0. The maximum atomic E-state index is 5.48. The minimum atomic E-state index is -0.0594. The summed E-state index contributed by atoms with van der Waals surface area (Å²) in [6.07, 6.45) is 2.09. The predicted octanol–water partition coefficient (Wildman–Crippen LogP) is 4.22. The number of rotatable bonds is 6. The number of hydrogen-bond donors (Lipinski definition) is 1. The molecule has 0 aromatic heterocycles. The molecule has 0 amide bonds. The van der Waals surface area contributed by atoms with E-state index in [-0.39, 0.29) is 5.60 Å². The third-order valence-electron chi connectivity index (χ3n) is 3.40. The Bertz CT molecular complexity index is 370. The first kappa shape index (κ1) is 15.7. The number of benzene rings is 1. The Kier molecular flexibility index (Phi) is 5.83. The molecule has 1 atom stereocenters. The van der Waals surface area contributed by atoms with Gasteiger partial charge in [-0.1, -0.05) is 22.0 Å². The molecule has 0 aliphatic carbocycles. The molecule has 0 heterocycles. The van der Waals surface area contributed by atoms with Gasteiger partial charge in [0.1, 0.15) is 0 Å². The van der Waals surface area contributed by atoms with Crippen molar-refractivity contribution in [2.45, 2.75) is 45.3 Å². The Morgan fingerprint density at radius 3 is 2.50 bits per heavy atom. The van der Waals surface area contributed by atoms with Crippen LogP contribution in [-0.4, -0.2) is 19.8 Å². The molecule has 0 spiro atoms. The highest BCUT2D eigenvalue weighted by Crippen LogP contribution is 2.27. The fraction of sp³-hybridized carbons (Fsp3) is 0.600. The van der Waals surface area contributed by atoms with Crippen molar-refractivity contribution in [1.82, 2.24) is 5.32 Å². The van der Waals surface area contributed by atoms with Crippen molar-refractivity contribution < 1.29 is 4.74 Å². The van der Waals surface area contributed by atoms with Gasteiger partial charge in [0.05, 0.1) is 5.60 Å². The van der Waals surface area contributed by atoms with Crippen LogP contribution in [0, 0.1) is 6.92 Å². The topological polar surface area (TPSA) is 21.3 Å². The van der Waals surface area contributed by atoms with Gasteiger partial charge >= 0.3 is 0 Å². The lowest BCUT2D eigenvalue weighted by Crippen LogP contribution is -2.26. The van der Waals surface area contributed by atoms with Crippen molar-refractivity contribution in [1.29, 1.82) is 0 Å². The van der Waals surface area contributed by atoms with Gasteiger partial charge in [0.25, 0.3) is 0 Å². The molecule has 0 aliphatic heterocycles. The summed E-state index contributed by atoms with van der Waals surface area (Å²) < 4.78 is 6.62. The van der Waals surface area contributed by atoms with Gasteiger partial charge in [-0.2, -0.15) is 0 Å². The van der Waals surface area contributed by atoms with Gasteiger partial charge in [0.15, 0.2) is 0 Å². The van der Waals surface area contributed by atoms with Crippen molar-refractivity contribution in [3.05, 3.63) is 33.8 Å². The molecule has 0 bridgehead atoms. The van der Waals surface area contributed by atoms with Gasteiger partial charge in [0, 0.05) is 17.6 Å². The first-order valence-corrected chi connectivity index (χ1v) is 7.17. The molecule has 0 saturated heterocycles. The van der Waals surface area contributed by atoms with Gasteiger partial charge in [-0.3, -0.25) is 0 Å². The molecular weight excluding hydrogens is 290 g/mol. The summed E-state index contributed by atoms with van der Waals surface area (Å²) in [6, 6.07) is 6.94. The van der Waals surface area contributed by atoms with Gasteiger partial charge in [-0.25, -0.2) is 0 Å². The maximum absolute atomic E-state index is 5.48. The summed E-state index contributed by atoms with van der Waals surface area (Å²) in [7, 11) is 3.79. The molecule has 3 heteroatoms. The van der Waals surface area contributed by atoms with Crippen molar-refractivity contribution in [2.75, 3.05) is 14.2 Å². The molecule has 1 aromatic rings. The molecule has 2 nitrogen and oxygen atoms in total. The minimum Gasteiger partial charge on any atom is -0.379 e. The second-order valence-electron chi connectivity index (χ2n) is 5.41. The molecule has 1 rings (SSSR count). The predicted molar refractivity (Wildman–Crippen MR) is 81.0 cm³/mol. The van der Waals surface area contributed by atoms with Crippen LogP contribution in [-0.2, 0) is 4.74 Å². The van der Waals surface area contributed by atoms with E-state index in [4.69, 9.17) is 4.74 Å². The Hall–Kier alpha value is -0.380. The summed E-state index contributed by atoms with van der Waals surface area (Å²) in [4.78, 5) is 0. The van der Waals surface area contributed by atoms with Gasteiger partial charge in [0.2, 0.25) is 0 Å². The lowest BCUT2D eigenvalue weighted by atomic mass is 9.94. The van der Waals surface area contributed by atoms with Crippen LogP contribution in [0.15, 0.2) is 22.7 Å². The zero-order chi connectivity index (χ0) is 13.8. The van der Waals surface area contributed by atoms with Crippen LogP contribution < -0.4 is 5.32 Å². The van der Waals surface area contributed by atoms with Crippen molar-refractivity contribution in [3.8, 4) is 0 Å². The lowest BCUT2D eigenvalue weighted by molar-refractivity contribution is 0.0118. The van der Waals surface area contributed by atoms with E-state index >= 15 is 0 Å². The van der Waals surface area contributed by atoms with Crippen molar-refractivity contribution >= 4 is 15.9 Å². The molecule has 1 aromatic carbocycles. The van der Waals surface area contributed by atoms with Crippen LogP contribution >= 0.6 is 15.9 Å². The Balaban J connectivity index is 2.77. The maximum Gasteiger partial charge on any atom is 0.0623 e. The second-order valence-corrected chi connectivity index (χ2v) is 6.32. The van der Waals surface area contributed by atoms with Gasteiger partial charge < -0.3 is 10.1 Å². The van der Waals surface area contributed by atoms with E-state index in [1.54, 1.807) is 7.11 Å². The molecule has 0 fully saturated rings. The Morgan fingerprint density at radius 1 is 1.33 bits per heavy atom. The van der Waals surface area contributed by atoms with Crippen molar-refractivity contribution in [3.63, 3.8) is 0 Å². The minimum absolute atomic E-state index is 0.0594. The smallest absolute Gasteiger partial charge is 0.0623 e. The average molecular weight is 314 g/mol. The molecule has 18 heavy (non-hydrogen) atoms. The Morgan fingerprint density at radius 2 is 2.00 bits per heavy atom. The van der Waals surface area contributed by atoms with E-state index in [0.717, 1.165) is 17.3 Å². The van der Waals surface area contributed by atoms with Crippen LogP contribution in [0.5, 0.6) is 0 Å². The van der Waals surface area contributed by atoms with Crippen LogP contribution in [0.25, 0.3) is 0 Å². The normalized spacial score (nSPS) is 13.7. The SMILES string of the molecule is CNC(CCC(C)(C)OC)c1cc(C)cc(Br)c1. The van der Waals surface area contributed by atoms with E-state index in [2.05, 4.69) is 60.2 Å². The highest BCUT2D eigenvalue weighted by atomic mass is 79.9. The summed E-state index contributed by atoms with van der Waals surface area (Å²) in [5, 5.41) is 3.39. The first-order valence-electron chi connectivity index (χ1n) is 6.37. The van der Waals surface area contributed by atoms with Gasteiger partial charge in [-0.05, 0) is 63.9 Å². The number of hydrogen-bond acceptors (Lipinski definition) is 2. The number of nitrogens with one attached hydrogen (secondary N) is 1. The third-order valence-corrected chi connectivity index (χ3v) is 3.86. The largest absolute Gasteiger partial charge is 0.379 e. The fourth-order valence-electron chi connectivity index (χ4n) is 2.04. The number of methoxy groups -OCH3 is 1. The van der Waals surface area contributed by atoms with Crippen LogP contribution in [0.1, 0.15) is 43.9 Å². The fourth-order valence-corrected chi connectivity index (χ4v) is 2.66. The van der Waals surface area contributed by atoms with Gasteiger partial charge in [-0.15, -0.1) is 0 Å². The first-order chi connectivity index (χ1) is 8.38. The molecule has 102 valence electrons. The van der Waals surface area contributed by atoms with Crippen LogP contribution in [0.3, 0.4) is 0 Å². The second kappa shape index (κ2) is 6.69. The molecule has 0 saturated carbocycles. The molecule has 1 N–H and O–H groups in total. The summed E-state index contributed by atoms with van der Waals surface area (Å²) in [5.74, 6) is 0. The van der Waals surface area contributed by atoms with E-state index in [0.29, 0.717) is 6.04 Å². The molecule has 0 aliphatic rings.